The molecule has 7 heteroatoms. The molecule has 1 heterocycles. The molecule has 0 amide bonds. The van der Waals surface area contributed by atoms with Gasteiger partial charge in [0.15, 0.2) is 5.69 Å². The fraction of sp³-hybridized carbons (Fsp3) is 0.750. The molecular weight excluding hydrogens is 270 g/mol. The monoisotopic (exact) mass is 289 g/mol. The summed E-state index contributed by atoms with van der Waals surface area (Å²) in [6, 6.07) is 0. The molecule has 0 aliphatic carbocycles. The van der Waals surface area contributed by atoms with Gasteiger partial charge in [0.25, 0.3) is 0 Å². The minimum atomic E-state index is -0.490. The molecule has 0 atom stereocenters. The molecule has 0 unspecified atom stereocenters. The van der Waals surface area contributed by atoms with Crippen molar-refractivity contribution in [2.24, 2.45) is 0 Å². The van der Waals surface area contributed by atoms with Crippen LogP contribution in [-0.2, 0) is 21.9 Å². The van der Waals surface area contributed by atoms with Gasteiger partial charge < -0.3 is 9.47 Å². The van der Waals surface area contributed by atoms with E-state index in [1.54, 1.807) is 11.6 Å². The predicted molar refractivity (Wildman–Crippen MR) is 71.3 cm³/mol. The van der Waals surface area contributed by atoms with Crippen LogP contribution in [0.5, 0.6) is 0 Å². The Kier molecular flexibility index (Phi) is 7.43. The van der Waals surface area contributed by atoms with E-state index in [9.17, 15) is 4.79 Å². The zero-order valence-electron chi connectivity index (χ0n) is 11.4. The maximum atomic E-state index is 11.6. The summed E-state index contributed by atoms with van der Waals surface area (Å²) in [5.74, 6) is -0.327. The van der Waals surface area contributed by atoms with Gasteiger partial charge in [-0.1, -0.05) is 18.6 Å². The molecule has 0 aliphatic heterocycles. The van der Waals surface area contributed by atoms with Crippen LogP contribution in [0.15, 0.2) is 0 Å². The predicted octanol–water partition coefficient (Wildman–Crippen LogP) is 2.01. The summed E-state index contributed by atoms with van der Waals surface area (Å²) in [7, 11) is 0. The van der Waals surface area contributed by atoms with Crippen LogP contribution in [0.3, 0.4) is 0 Å². The third-order valence-corrected chi connectivity index (χ3v) is 2.78. The van der Waals surface area contributed by atoms with Crippen molar-refractivity contribution in [1.29, 1.82) is 0 Å². The molecule has 0 saturated heterocycles. The average Bonchev–Trinajstić information content (AvgIpc) is 2.81. The Morgan fingerprint density at radius 1 is 1.37 bits per heavy atom. The zero-order valence-corrected chi connectivity index (χ0v) is 12.2. The van der Waals surface area contributed by atoms with Crippen LogP contribution in [0.1, 0.15) is 42.9 Å². The van der Waals surface area contributed by atoms with Crippen LogP contribution in [-0.4, -0.2) is 40.8 Å². The number of unbranched alkanes of at least 4 members (excludes halogenated alkanes) is 1. The highest BCUT2D eigenvalue weighted by atomic mass is 35.5. The van der Waals surface area contributed by atoms with Crippen molar-refractivity contribution in [3.63, 3.8) is 0 Å². The molecule has 0 bridgehead atoms. The van der Waals surface area contributed by atoms with Gasteiger partial charge in [-0.3, -0.25) is 0 Å². The van der Waals surface area contributed by atoms with Crippen molar-refractivity contribution in [3.8, 4) is 0 Å². The summed E-state index contributed by atoms with van der Waals surface area (Å²) >= 11 is 5.84. The molecule has 0 spiro atoms. The highest BCUT2D eigenvalue weighted by molar-refractivity contribution is 6.17. The second-order valence-electron chi connectivity index (χ2n) is 3.93. The molecule has 0 aromatic carbocycles. The fourth-order valence-electron chi connectivity index (χ4n) is 1.50. The van der Waals surface area contributed by atoms with Crippen LogP contribution in [0.2, 0.25) is 0 Å². The maximum Gasteiger partial charge on any atom is 0.360 e. The van der Waals surface area contributed by atoms with Gasteiger partial charge in [0.1, 0.15) is 0 Å². The van der Waals surface area contributed by atoms with Gasteiger partial charge in [0, 0.05) is 6.61 Å². The molecule has 6 nitrogen and oxygen atoms in total. The van der Waals surface area contributed by atoms with Crippen LogP contribution in [0.4, 0.5) is 0 Å². The van der Waals surface area contributed by atoms with Gasteiger partial charge in [0.2, 0.25) is 0 Å². The number of nitrogens with zero attached hydrogens (tertiary/aromatic N) is 3. The Bertz CT molecular complexity index is 396. The van der Waals surface area contributed by atoms with Crippen LogP contribution in [0, 0.1) is 0 Å². The second-order valence-corrected chi connectivity index (χ2v) is 4.20. The number of hydrogen-bond donors (Lipinski definition) is 0. The van der Waals surface area contributed by atoms with E-state index >= 15 is 0 Å². The smallest absolute Gasteiger partial charge is 0.360 e. The molecule has 0 fully saturated rings. The minimum Gasteiger partial charge on any atom is -0.461 e. The highest BCUT2D eigenvalue weighted by Crippen LogP contribution is 2.10. The van der Waals surface area contributed by atoms with Crippen molar-refractivity contribution in [1.82, 2.24) is 15.0 Å². The van der Waals surface area contributed by atoms with Crippen molar-refractivity contribution < 1.29 is 14.3 Å². The summed E-state index contributed by atoms with van der Waals surface area (Å²) < 4.78 is 11.9. The summed E-state index contributed by atoms with van der Waals surface area (Å²) in [5, 5.41) is 7.73. The van der Waals surface area contributed by atoms with Crippen LogP contribution in [0.25, 0.3) is 0 Å². The lowest BCUT2D eigenvalue weighted by Crippen LogP contribution is -2.13. The highest BCUT2D eigenvalue weighted by Gasteiger charge is 2.19. The van der Waals surface area contributed by atoms with Gasteiger partial charge in [-0.05, 0) is 13.3 Å². The third kappa shape index (κ3) is 4.80. The Hall–Kier alpha value is -1.14. The normalized spacial score (nSPS) is 10.7. The van der Waals surface area contributed by atoms with E-state index in [2.05, 4.69) is 17.2 Å². The van der Waals surface area contributed by atoms with Gasteiger partial charge in [-0.25, -0.2) is 9.48 Å². The topological polar surface area (TPSA) is 66.2 Å². The van der Waals surface area contributed by atoms with Crippen LogP contribution >= 0.6 is 11.6 Å². The lowest BCUT2D eigenvalue weighted by atomic mass is 10.3. The maximum absolute atomic E-state index is 11.6. The number of aromatic nitrogens is 3. The van der Waals surface area contributed by atoms with Crippen molar-refractivity contribution in [2.45, 2.75) is 39.1 Å². The Morgan fingerprint density at radius 2 is 2.16 bits per heavy atom. The van der Waals surface area contributed by atoms with Crippen LogP contribution < -0.4 is 0 Å². The molecule has 0 radical (unpaired) electrons. The van der Waals surface area contributed by atoms with E-state index in [1.807, 2.05) is 0 Å². The molecule has 108 valence electrons. The molecule has 0 saturated carbocycles. The molecule has 1 aromatic rings. The lowest BCUT2D eigenvalue weighted by Gasteiger charge is -2.06. The Labute approximate surface area is 118 Å². The second kappa shape index (κ2) is 8.87. The van der Waals surface area contributed by atoms with Gasteiger partial charge >= 0.3 is 5.97 Å². The number of ether oxygens (including phenoxy) is 2. The number of halogens is 1. The largest absolute Gasteiger partial charge is 0.461 e. The van der Waals surface area contributed by atoms with Gasteiger partial charge in [-0.2, -0.15) is 0 Å². The molecule has 19 heavy (non-hydrogen) atoms. The molecule has 0 aliphatic rings. The van der Waals surface area contributed by atoms with Crippen molar-refractivity contribution in [3.05, 3.63) is 11.4 Å². The van der Waals surface area contributed by atoms with Gasteiger partial charge in [0.05, 0.1) is 31.3 Å². The SMILES string of the molecule is CCCCOCCn1nnc(C(=O)OCC)c1CCl. The number of rotatable bonds is 9. The summed E-state index contributed by atoms with van der Waals surface area (Å²) in [6.45, 7) is 5.93. The zero-order chi connectivity index (χ0) is 14.1. The number of carbonyl (C=O) groups is 1. The first-order valence-corrected chi connectivity index (χ1v) is 7.01. The first-order valence-electron chi connectivity index (χ1n) is 6.47. The Balaban J connectivity index is 2.56. The molecular formula is C12H20ClN3O3. The van der Waals surface area contributed by atoms with Crippen molar-refractivity contribution >= 4 is 17.6 Å². The van der Waals surface area contributed by atoms with E-state index in [0.717, 1.165) is 19.4 Å². The number of carbonyl (C=O) groups excluding carboxylic acids is 1. The number of esters is 1. The fourth-order valence-corrected chi connectivity index (χ4v) is 1.77. The summed E-state index contributed by atoms with van der Waals surface area (Å²) in [5.41, 5.74) is 0.754. The quantitative estimate of drug-likeness (QED) is 0.395. The van der Waals surface area contributed by atoms with Crippen molar-refractivity contribution in [2.75, 3.05) is 19.8 Å². The molecule has 1 rings (SSSR count). The summed E-state index contributed by atoms with van der Waals surface area (Å²) in [4.78, 5) is 11.6. The number of hydrogen-bond acceptors (Lipinski definition) is 5. The van der Waals surface area contributed by atoms with E-state index < -0.39 is 5.97 Å². The van der Waals surface area contributed by atoms with E-state index in [0.29, 0.717) is 25.5 Å². The lowest BCUT2D eigenvalue weighted by molar-refractivity contribution is 0.0518. The van der Waals surface area contributed by atoms with Gasteiger partial charge in [-0.15, -0.1) is 16.7 Å². The standard InChI is InChI=1S/C12H20ClN3O3/c1-3-5-7-18-8-6-16-10(9-13)11(14-15-16)12(17)19-4-2/h3-9H2,1-2H3. The minimum absolute atomic E-state index is 0.163. The molecule has 1 aromatic heterocycles. The molecule has 0 N–H and O–H groups in total. The first kappa shape index (κ1) is 15.9. The van der Waals surface area contributed by atoms with E-state index in [-0.39, 0.29) is 11.6 Å². The summed E-state index contributed by atoms with van der Waals surface area (Å²) in [6.07, 6.45) is 2.14. The van der Waals surface area contributed by atoms with E-state index in [4.69, 9.17) is 21.1 Å². The third-order valence-electron chi connectivity index (χ3n) is 2.52. The number of alkyl halides is 1. The van der Waals surface area contributed by atoms with E-state index in [1.165, 1.54) is 0 Å². The first-order chi connectivity index (χ1) is 9.24. The average molecular weight is 290 g/mol. The Morgan fingerprint density at radius 3 is 2.79 bits per heavy atom.